The van der Waals surface area contributed by atoms with Crippen molar-refractivity contribution in [3.63, 3.8) is 0 Å². The third-order valence-corrected chi connectivity index (χ3v) is 4.21. The quantitative estimate of drug-likeness (QED) is 0.837. The molecule has 0 aromatic heterocycles. The summed E-state index contributed by atoms with van der Waals surface area (Å²) in [6, 6.07) is 7.75. The van der Waals surface area contributed by atoms with Gasteiger partial charge in [0.25, 0.3) is 0 Å². The Kier molecular flexibility index (Phi) is 2.96. The van der Waals surface area contributed by atoms with Crippen LogP contribution in [0.25, 0.3) is 0 Å². The Morgan fingerprint density at radius 3 is 3.18 bits per heavy atom. The monoisotopic (exact) mass is 230 g/mol. The number of anilines is 2. The fraction of sp³-hybridized carbons (Fsp3) is 0.600. The number of rotatable bonds is 2. The van der Waals surface area contributed by atoms with Gasteiger partial charge in [-0.25, -0.2) is 0 Å². The summed E-state index contributed by atoms with van der Waals surface area (Å²) in [6.07, 6.45) is 6.50. The molecule has 1 saturated heterocycles. The Morgan fingerprint density at radius 1 is 1.35 bits per heavy atom. The van der Waals surface area contributed by atoms with Crippen molar-refractivity contribution >= 4 is 11.4 Å². The highest BCUT2D eigenvalue weighted by molar-refractivity contribution is 5.62. The van der Waals surface area contributed by atoms with E-state index in [2.05, 4.69) is 35.3 Å². The molecule has 17 heavy (non-hydrogen) atoms. The third-order valence-electron chi connectivity index (χ3n) is 4.21. The van der Waals surface area contributed by atoms with E-state index in [0.717, 1.165) is 12.6 Å². The smallest absolute Gasteiger partial charge is 0.0374 e. The van der Waals surface area contributed by atoms with Gasteiger partial charge in [0, 0.05) is 30.5 Å². The second-order valence-corrected chi connectivity index (χ2v) is 5.27. The third kappa shape index (κ3) is 2.01. The zero-order valence-corrected chi connectivity index (χ0v) is 10.7. The summed E-state index contributed by atoms with van der Waals surface area (Å²) >= 11 is 0. The predicted octanol–water partition coefficient (Wildman–Crippen LogP) is 3.42. The number of fused-ring (bicyclic) bond motifs is 1. The van der Waals surface area contributed by atoms with Crippen LogP contribution in [0.1, 0.15) is 38.2 Å². The summed E-state index contributed by atoms with van der Waals surface area (Å²) in [5.74, 6) is 0. The molecule has 1 unspecified atom stereocenters. The fourth-order valence-corrected chi connectivity index (χ4v) is 3.24. The first-order valence-corrected chi connectivity index (χ1v) is 7.02. The average Bonchev–Trinajstić information content (AvgIpc) is 2.86. The van der Waals surface area contributed by atoms with Crippen LogP contribution in [0, 0.1) is 0 Å². The Bertz CT molecular complexity index is 400. The van der Waals surface area contributed by atoms with Crippen molar-refractivity contribution in [3.05, 3.63) is 23.8 Å². The normalized spacial score (nSPS) is 23.4. The van der Waals surface area contributed by atoms with Crippen LogP contribution >= 0.6 is 0 Å². The molecule has 0 bridgehead atoms. The minimum Gasteiger partial charge on any atom is -0.385 e. The van der Waals surface area contributed by atoms with Crippen molar-refractivity contribution < 1.29 is 0 Å². The highest BCUT2D eigenvalue weighted by atomic mass is 15.2. The first kappa shape index (κ1) is 10.9. The van der Waals surface area contributed by atoms with Gasteiger partial charge in [-0.05, 0) is 55.9 Å². The number of benzene rings is 1. The summed E-state index contributed by atoms with van der Waals surface area (Å²) < 4.78 is 0. The van der Waals surface area contributed by atoms with E-state index >= 15 is 0 Å². The Balaban J connectivity index is 1.88. The average molecular weight is 230 g/mol. The number of nitrogens with zero attached hydrogens (tertiary/aromatic N) is 1. The van der Waals surface area contributed by atoms with E-state index in [1.54, 1.807) is 0 Å². The van der Waals surface area contributed by atoms with Gasteiger partial charge in [0.2, 0.25) is 0 Å². The molecular formula is C15H22N2. The Morgan fingerprint density at radius 2 is 2.29 bits per heavy atom. The second-order valence-electron chi connectivity index (χ2n) is 5.27. The summed E-state index contributed by atoms with van der Waals surface area (Å²) in [5, 5.41) is 3.49. The number of nitrogens with one attached hydrogen (secondary N) is 1. The van der Waals surface area contributed by atoms with E-state index in [-0.39, 0.29) is 0 Å². The maximum absolute atomic E-state index is 3.49. The van der Waals surface area contributed by atoms with Gasteiger partial charge in [0.1, 0.15) is 0 Å². The van der Waals surface area contributed by atoms with Crippen molar-refractivity contribution in [2.45, 2.75) is 45.1 Å². The molecule has 2 aliphatic heterocycles. The lowest BCUT2D eigenvalue weighted by molar-refractivity contribution is 0.645. The fourth-order valence-electron chi connectivity index (χ4n) is 3.24. The number of aryl methyl sites for hydroxylation is 1. The van der Waals surface area contributed by atoms with Crippen molar-refractivity contribution in [1.82, 2.24) is 0 Å². The van der Waals surface area contributed by atoms with Crippen LogP contribution in [0.2, 0.25) is 0 Å². The van der Waals surface area contributed by atoms with Crippen molar-refractivity contribution in [2.75, 3.05) is 23.3 Å². The van der Waals surface area contributed by atoms with Crippen LogP contribution in [-0.4, -0.2) is 19.1 Å². The number of hydrogen-bond donors (Lipinski definition) is 1. The maximum Gasteiger partial charge on any atom is 0.0374 e. The van der Waals surface area contributed by atoms with Crippen molar-refractivity contribution in [2.24, 2.45) is 0 Å². The van der Waals surface area contributed by atoms with Gasteiger partial charge < -0.3 is 10.2 Å². The molecule has 1 fully saturated rings. The van der Waals surface area contributed by atoms with Crippen LogP contribution in [0.5, 0.6) is 0 Å². The molecule has 1 atom stereocenters. The van der Waals surface area contributed by atoms with E-state index in [1.165, 1.54) is 55.6 Å². The van der Waals surface area contributed by atoms with Gasteiger partial charge in [-0.3, -0.25) is 0 Å². The highest BCUT2D eigenvalue weighted by Gasteiger charge is 2.23. The first-order chi connectivity index (χ1) is 8.38. The van der Waals surface area contributed by atoms with Crippen LogP contribution in [0.4, 0.5) is 11.4 Å². The van der Waals surface area contributed by atoms with E-state index in [9.17, 15) is 0 Å². The Labute approximate surface area is 104 Å². The van der Waals surface area contributed by atoms with E-state index in [4.69, 9.17) is 0 Å². The largest absolute Gasteiger partial charge is 0.385 e. The molecule has 0 saturated carbocycles. The first-order valence-electron chi connectivity index (χ1n) is 7.02. The molecule has 1 aromatic rings. The predicted molar refractivity (Wildman–Crippen MR) is 73.9 cm³/mol. The SMILES string of the molecule is CCC1CCCN1c1ccc2c(c1)CCCN2. The molecule has 0 aliphatic carbocycles. The number of hydrogen-bond acceptors (Lipinski definition) is 2. The highest BCUT2D eigenvalue weighted by Crippen LogP contribution is 2.31. The van der Waals surface area contributed by atoms with Crippen LogP contribution in [0.3, 0.4) is 0 Å². The lowest BCUT2D eigenvalue weighted by Crippen LogP contribution is -2.28. The molecule has 92 valence electrons. The van der Waals surface area contributed by atoms with Crippen molar-refractivity contribution in [1.29, 1.82) is 0 Å². The molecule has 2 aliphatic rings. The van der Waals surface area contributed by atoms with Crippen LogP contribution in [0.15, 0.2) is 18.2 Å². The lowest BCUT2D eigenvalue weighted by Gasteiger charge is -2.28. The molecule has 1 aromatic carbocycles. The van der Waals surface area contributed by atoms with E-state index in [1.807, 2.05) is 0 Å². The van der Waals surface area contributed by atoms with Crippen LogP contribution < -0.4 is 10.2 Å². The van der Waals surface area contributed by atoms with Crippen molar-refractivity contribution in [3.8, 4) is 0 Å². The summed E-state index contributed by atoms with van der Waals surface area (Å²) in [5.41, 5.74) is 4.31. The molecular weight excluding hydrogens is 208 g/mol. The van der Waals surface area contributed by atoms with Gasteiger partial charge in [-0.2, -0.15) is 0 Å². The molecule has 0 radical (unpaired) electrons. The lowest BCUT2D eigenvalue weighted by atomic mass is 10.0. The van der Waals surface area contributed by atoms with Gasteiger partial charge in [-0.1, -0.05) is 6.92 Å². The minimum absolute atomic E-state index is 0.768. The van der Waals surface area contributed by atoms with E-state index < -0.39 is 0 Å². The summed E-state index contributed by atoms with van der Waals surface area (Å²) in [6.45, 7) is 4.68. The topological polar surface area (TPSA) is 15.3 Å². The van der Waals surface area contributed by atoms with Gasteiger partial charge in [-0.15, -0.1) is 0 Å². The van der Waals surface area contributed by atoms with Gasteiger partial charge in [0.05, 0.1) is 0 Å². The Hall–Kier alpha value is -1.18. The molecule has 1 N–H and O–H groups in total. The summed E-state index contributed by atoms with van der Waals surface area (Å²) in [7, 11) is 0. The minimum atomic E-state index is 0.768. The molecule has 2 heteroatoms. The van der Waals surface area contributed by atoms with Crippen LogP contribution in [-0.2, 0) is 6.42 Å². The molecule has 0 amide bonds. The molecule has 0 spiro atoms. The molecule has 2 heterocycles. The maximum atomic E-state index is 3.49. The molecule has 3 rings (SSSR count). The summed E-state index contributed by atoms with van der Waals surface area (Å²) in [4.78, 5) is 2.61. The zero-order chi connectivity index (χ0) is 11.7. The van der Waals surface area contributed by atoms with Gasteiger partial charge in [0.15, 0.2) is 0 Å². The zero-order valence-electron chi connectivity index (χ0n) is 10.7. The molecule has 2 nitrogen and oxygen atoms in total. The second kappa shape index (κ2) is 4.59. The van der Waals surface area contributed by atoms with Gasteiger partial charge >= 0.3 is 0 Å². The van der Waals surface area contributed by atoms with E-state index in [0.29, 0.717) is 0 Å². The standard InChI is InChI=1S/C15H22N2/c1-2-13-6-4-10-17(13)14-7-8-15-12(11-14)5-3-9-16-15/h7-8,11,13,16H,2-6,9-10H2,1H3.